The SMILES string of the molecule is COc1cc(OC)c(C(=O)OC2CCC(N(C(=O)OC(C)(C)C)C3CCC(O)CC3)CC2)c(OC)c1. The number of methoxy groups -OCH3 is 3. The number of hydrogen-bond acceptors (Lipinski definition) is 8. The molecule has 0 heterocycles. The van der Waals surface area contributed by atoms with Crippen LogP contribution >= 0.6 is 0 Å². The van der Waals surface area contributed by atoms with Crippen molar-refractivity contribution in [2.24, 2.45) is 0 Å². The first kappa shape index (κ1) is 27.9. The number of nitrogens with zero attached hydrogens (tertiary/aromatic N) is 1. The Morgan fingerprint density at radius 1 is 0.833 bits per heavy atom. The summed E-state index contributed by atoms with van der Waals surface area (Å²) in [5.74, 6) is 0.638. The number of esters is 1. The summed E-state index contributed by atoms with van der Waals surface area (Å²) in [5.41, 5.74) is -0.369. The van der Waals surface area contributed by atoms with E-state index in [-0.39, 0.29) is 35.9 Å². The van der Waals surface area contributed by atoms with E-state index >= 15 is 0 Å². The van der Waals surface area contributed by atoms with Gasteiger partial charge in [-0.05, 0) is 72.1 Å². The maximum absolute atomic E-state index is 13.2. The number of aliphatic hydroxyl groups is 1. The fraction of sp³-hybridized carbons (Fsp3) is 0.704. The summed E-state index contributed by atoms with van der Waals surface area (Å²) >= 11 is 0. The standard InChI is InChI=1S/C27H41NO8/c1-27(2,3)36-26(31)28(17-7-11-19(29)12-8-17)18-9-13-20(14-10-18)35-25(30)24-22(33-5)15-21(32-4)16-23(24)34-6/h15-20,29H,7-14H2,1-6H3. The molecule has 0 atom stereocenters. The second-order valence-electron chi connectivity index (χ2n) is 10.6. The van der Waals surface area contributed by atoms with E-state index < -0.39 is 11.6 Å². The van der Waals surface area contributed by atoms with E-state index in [0.717, 1.165) is 12.8 Å². The van der Waals surface area contributed by atoms with E-state index in [9.17, 15) is 14.7 Å². The van der Waals surface area contributed by atoms with Gasteiger partial charge in [-0.15, -0.1) is 0 Å². The third-order valence-electron chi connectivity index (χ3n) is 6.89. The zero-order chi connectivity index (χ0) is 26.5. The minimum absolute atomic E-state index is 0.0000959. The maximum Gasteiger partial charge on any atom is 0.410 e. The number of carbonyl (C=O) groups excluding carboxylic acids is 2. The van der Waals surface area contributed by atoms with Crippen LogP contribution in [-0.4, -0.2) is 73.3 Å². The fourth-order valence-corrected chi connectivity index (χ4v) is 5.11. The van der Waals surface area contributed by atoms with Crippen LogP contribution in [-0.2, 0) is 9.47 Å². The van der Waals surface area contributed by atoms with E-state index in [0.29, 0.717) is 55.8 Å². The van der Waals surface area contributed by atoms with Gasteiger partial charge in [0.1, 0.15) is 34.5 Å². The van der Waals surface area contributed by atoms with Crippen molar-refractivity contribution in [3.05, 3.63) is 17.7 Å². The molecule has 2 aliphatic carbocycles. The topological polar surface area (TPSA) is 104 Å². The highest BCUT2D eigenvalue weighted by Crippen LogP contribution is 2.37. The first-order chi connectivity index (χ1) is 17.1. The fourth-order valence-electron chi connectivity index (χ4n) is 5.11. The van der Waals surface area contributed by atoms with Crippen LogP contribution in [0.1, 0.15) is 82.5 Å². The normalized spacial score (nSPS) is 24.4. The van der Waals surface area contributed by atoms with Gasteiger partial charge in [0.15, 0.2) is 0 Å². The summed E-state index contributed by atoms with van der Waals surface area (Å²) in [5, 5.41) is 9.95. The number of carbonyl (C=O) groups is 2. The Morgan fingerprint density at radius 2 is 1.33 bits per heavy atom. The third kappa shape index (κ3) is 6.96. The molecule has 1 aromatic rings. The van der Waals surface area contributed by atoms with Gasteiger partial charge in [0.05, 0.1) is 27.4 Å². The lowest BCUT2D eigenvalue weighted by Gasteiger charge is -2.43. The number of aliphatic hydroxyl groups excluding tert-OH is 1. The summed E-state index contributed by atoms with van der Waals surface area (Å²) in [6.45, 7) is 5.60. The Hall–Kier alpha value is -2.68. The molecule has 9 heteroatoms. The van der Waals surface area contributed by atoms with Crippen LogP contribution < -0.4 is 14.2 Å². The maximum atomic E-state index is 13.2. The number of benzene rings is 1. The molecular weight excluding hydrogens is 466 g/mol. The average molecular weight is 508 g/mol. The quantitative estimate of drug-likeness (QED) is 0.529. The highest BCUT2D eigenvalue weighted by molar-refractivity contribution is 5.96. The molecule has 0 aromatic heterocycles. The predicted molar refractivity (Wildman–Crippen MR) is 134 cm³/mol. The van der Waals surface area contributed by atoms with E-state index in [2.05, 4.69) is 0 Å². The minimum atomic E-state index is -0.591. The highest BCUT2D eigenvalue weighted by atomic mass is 16.6. The number of rotatable bonds is 7. The monoisotopic (exact) mass is 507 g/mol. The van der Waals surface area contributed by atoms with Gasteiger partial charge >= 0.3 is 12.1 Å². The summed E-state index contributed by atoms with van der Waals surface area (Å²) < 4.78 is 27.7. The molecule has 1 aromatic carbocycles. The zero-order valence-corrected chi connectivity index (χ0v) is 22.4. The van der Waals surface area contributed by atoms with E-state index in [1.165, 1.54) is 21.3 Å². The van der Waals surface area contributed by atoms with Crippen LogP contribution in [0.5, 0.6) is 17.2 Å². The molecule has 202 valence electrons. The molecule has 36 heavy (non-hydrogen) atoms. The average Bonchev–Trinajstić information content (AvgIpc) is 2.84. The van der Waals surface area contributed by atoms with Crippen LogP contribution in [0.4, 0.5) is 4.79 Å². The van der Waals surface area contributed by atoms with E-state index in [4.69, 9.17) is 23.7 Å². The predicted octanol–water partition coefficient (Wildman–Crippen LogP) is 4.72. The Balaban J connectivity index is 1.68. The van der Waals surface area contributed by atoms with Gasteiger partial charge in [0, 0.05) is 24.2 Å². The molecule has 1 amide bonds. The first-order valence-electron chi connectivity index (χ1n) is 12.8. The molecule has 0 radical (unpaired) electrons. The third-order valence-corrected chi connectivity index (χ3v) is 6.89. The lowest BCUT2D eigenvalue weighted by molar-refractivity contribution is -0.0245. The van der Waals surface area contributed by atoms with Gasteiger partial charge in [0.2, 0.25) is 0 Å². The van der Waals surface area contributed by atoms with Gasteiger partial charge < -0.3 is 33.7 Å². The molecule has 2 aliphatic rings. The second kappa shape index (κ2) is 12.0. The first-order valence-corrected chi connectivity index (χ1v) is 12.8. The Kier molecular flexibility index (Phi) is 9.33. The molecule has 2 fully saturated rings. The molecule has 2 saturated carbocycles. The molecule has 1 N–H and O–H groups in total. The number of hydrogen-bond donors (Lipinski definition) is 1. The van der Waals surface area contributed by atoms with Crippen molar-refractivity contribution in [1.82, 2.24) is 4.90 Å². The second-order valence-corrected chi connectivity index (χ2v) is 10.6. The van der Waals surface area contributed by atoms with Crippen molar-refractivity contribution in [3.8, 4) is 17.2 Å². The number of ether oxygens (including phenoxy) is 5. The van der Waals surface area contributed by atoms with Crippen molar-refractivity contribution in [2.75, 3.05) is 21.3 Å². The van der Waals surface area contributed by atoms with E-state index in [1.54, 1.807) is 12.1 Å². The smallest absolute Gasteiger partial charge is 0.410 e. The zero-order valence-electron chi connectivity index (χ0n) is 22.4. The molecule has 9 nitrogen and oxygen atoms in total. The van der Waals surface area contributed by atoms with Gasteiger partial charge in [-0.2, -0.15) is 0 Å². The summed E-state index contributed by atoms with van der Waals surface area (Å²) in [4.78, 5) is 28.2. The van der Waals surface area contributed by atoms with Crippen LogP contribution in [0.3, 0.4) is 0 Å². The minimum Gasteiger partial charge on any atom is -0.496 e. The summed E-state index contributed by atoms with van der Waals surface area (Å²) in [6, 6.07) is 3.28. The van der Waals surface area contributed by atoms with Crippen molar-refractivity contribution < 1.29 is 38.4 Å². The van der Waals surface area contributed by atoms with Crippen LogP contribution in [0.25, 0.3) is 0 Å². The number of amides is 1. The van der Waals surface area contributed by atoms with Crippen molar-refractivity contribution in [1.29, 1.82) is 0 Å². The molecule has 3 rings (SSSR count). The lowest BCUT2D eigenvalue weighted by Crippen LogP contribution is -2.52. The molecule has 0 spiro atoms. The van der Waals surface area contributed by atoms with E-state index in [1.807, 2.05) is 25.7 Å². The Morgan fingerprint density at radius 3 is 1.78 bits per heavy atom. The van der Waals surface area contributed by atoms with Crippen molar-refractivity contribution >= 4 is 12.1 Å². The van der Waals surface area contributed by atoms with Gasteiger partial charge in [-0.25, -0.2) is 9.59 Å². The Labute approximate surface area is 214 Å². The Bertz CT molecular complexity index is 871. The van der Waals surface area contributed by atoms with Crippen LogP contribution in [0.2, 0.25) is 0 Å². The van der Waals surface area contributed by atoms with Gasteiger partial charge in [-0.3, -0.25) is 0 Å². The highest BCUT2D eigenvalue weighted by Gasteiger charge is 2.38. The molecule has 0 aliphatic heterocycles. The van der Waals surface area contributed by atoms with Crippen molar-refractivity contribution in [2.45, 2.75) is 102 Å². The summed E-state index contributed by atoms with van der Waals surface area (Å²) in [6.07, 6.45) is 4.65. The molecular formula is C27H41NO8. The van der Waals surface area contributed by atoms with Crippen LogP contribution in [0.15, 0.2) is 12.1 Å². The molecule has 0 saturated heterocycles. The van der Waals surface area contributed by atoms with Crippen LogP contribution in [0, 0.1) is 0 Å². The lowest BCUT2D eigenvalue weighted by atomic mass is 9.87. The largest absolute Gasteiger partial charge is 0.496 e. The molecule has 0 unspecified atom stereocenters. The molecule has 0 bridgehead atoms. The summed E-state index contributed by atoms with van der Waals surface area (Å²) in [7, 11) is 4.48. The van der Waals surface area contributed by atoms with Gasteiger partial charge in [-0.1, -0.05) is 0 Å². The van der Waals surface area contributed by atoms with Crippen molar-refractivity contribution in [3.63, 3.8) is 0 Å². The van der Waals surface area contributed by atoms with Gasteiger partial charge in [0.25, 0.3) is 0 Å².